The summed E-state index contributed by atoms with van der Waals surface area (Å²) in [6.07, 6.45) is 2.13. The van der Waals surface area contributed by atoms with Crippen LogP contribution in [0.3, 0.4) is 0 Å². The molecule has 0 saturated carbocycles. The van der Waals surface area contributed by atoms with Gasteiger partial charge in [-0.1, -0.05) is 13.3 Å². The van der Waals surface area contributed by atoms with Gasteiger partial charge < -0.3 is 15.8 Å². The number of nitriles is 1. The van der Waals surface area contributed by atoms with Crippen molar-refractivity contribution in [2.75, 3.05) is 24.7 Å². The van der Waals surface area contributed by atoms with Crippen molar-refractivity contribution in [1.29, 1.82) is 5.26 Å². The van der Waals surface area contributed by atoms with Gasteiger partial charge in [0.25, 0.3) is 0 Å². The van der Waals surface area contributed by atoms with Crippen molar-refractivity contribution in [3.8, 4) is 6.07 Å². The Hall–Kier alpha value is -1.80. The molecule has 1 aromatic rings. The van der Waals surface area contributed by atoms with Crippen LogP contribution < -0.4 is 11.1 Å². The van der Waals surface area contributed by atoms with Gasteiger partial charge in [-0.25, -0.2) is 4.98 Å². The molecule has 5 heteroatoms. The van der Waals surface area contributed by atoms with Crippen molar-refractivity contribution >= 4 is 11.5 Å². The first-order valence-corrected chi connectivity index (χ1v) is 6.07. The number of methoxy groups -OCH3 is 1. The number of hydrogen-bond donors (Lipinski definition) is 2. The number of pyridine rings is 1. The Kier molecular flexibility index (Phi) is 5.40. The number of nitrogens with one attached hydrogen (secondary N) is 1. The molecule has 1 aromatic heterocycles. The number of aryl methyl sites for hydroxylation is 1. The Labute approximate surface area is 108 Å². The van der Waals surface area contributed by atoms with E-state index in [9.17, 15) is 5.26 Å². The molecule has 1 heterocycles. The summed E-state index contributed by atoms with van der Waals surface area (Å²) < 4.78 is 5.10. The molecule has 5 nitrogen and oxygen atoms in total. The first-order valence-electron chi connectivity index (χ1n) is 6.07. The molecular formula is C13H20N4O. The summed E-state index contributed by atoms with van der Waals surface area (Å²) in [5.74, 6) is 0.602. The standard InChI is InChI=1S/C13H20N4O/c1-4-5-6-16-13-10(7-14)11(8-18-3)12(15)9(2)17-13/h4-6,8,15H2,1-3H3,(H,16,17). The van der Waals surface area contributed by atoms with Crippen molar-refractivity contribution in [1.82, 2.24) is 4.98 Å². The molecule has 3 N–H and O–H groups in total. The second-order valence-corrected chi connectivity index (χ2v) is 4.14. The summed E-state index contributed by atoms with van der Waals surface area (Å²) >= 11 is 0. The third kappa shape index (κ3) is 3.11. The molecule has 0 fully saturated rings. The summed E-state index contributed by atoms with van der Waals surface area (Å²) in [6, 6.07) is 2.16. The van der Waals surface area contributed by atoms with Crippen LogP contribution in [0.1, 0.15) is 36.6 Å². The Morgan fingerprint density at radius 3 is 2.78 bits per heavy atom. The Balaban J connectivity index is 3.13. The number of rotatable bonds is 6. The van der Waals surface area contributed by atoms with Crippen LogP contribution in [0.25, 0.3) is 0 Å². The fourth-order valence-corrected chi connectivity index (χ4v) is 1.71. The van der Waals surface area contributed by atoms with Crippen molar-refractivity contribution in [3.63, 3.8) is 0 Å². The SMILES string of the molecule is CCCCNc1nc(C)c(N)c(COC)c1C#N. The second-order valence-electron chi connectivity index (χ2n) is 4.14. The largest absolute Gasteiger partial charge is 0.397 e. The van der Waals surface area contributed by atoms with E-state index >= 15 is 0 Å². The molecule has 0 bridgehead atoms. The lowest BCUT2D eigenvalue weighted by Crippen LogP contribution is -2.11. The Morgan fingerprint density at radius 1 is 1.50 bits per heavy atom. The van der Waals surface area contributed by atoms with Crippen molar-refractivity contribution in [2.24, 2.45) is 0 Å². The van der Waals surface area contributed by atoms with E-state index in [-0.39, 0.29) is 0 Å². The topological polar surface area (TPSA) is 84.0 Å². The maximum Gasteiger partial charge on any atom is 0.144 e. The summed E-state index contributed by atoms with van der Waals surface area (Å²) in [7, 11) is 1.58. The van der Waals surface area contributed by atoms with Crippen LogP contribution in [0.2, 0.25) is 0 Å². The monoisotopic (exact) mass is 248 g/mol. The highest BCUT2D eigenvalue weighted by Crippen LogP contribution is 2.26. The zero-order valence-electron chi connectivity index (χ0n) is 11.2. The number of nitrogens with two attached hydrogens (primary N) is 1. The first kappa shape index (κ1) is 14.3. The van der Waals surface area contributed by atoms with Crippen molar-refractivity contribution in [3.05, 3.63) is 16.8 Å². The molecule has 0 aromatic carbocycles. The molecule has 0 aliphatic heterocycles. The van der Waals surface area contributed by atoms with Crippen LogP contribution in [-0.4, -0.2) is 18.6 Å². The minimum Gasteiger partial charge on any atom is -0.397 e. The van der Waals surface area contributed by atoms with Crippen LogP contribution in [0.5, 0.6) is 0 Å². The summed E-state index contributed by atoms with van der Waals surface area (Å²) in [5, 5.41) is 12.4. The number of hydrogen-bond acceptors (Lipinski definition) is 5. The minimum atomic E-state index is 0.320. The average molecular weight is 248 g/mol. The van der Waals surface area contributed by atoms with E-state index in [1.807, 2.05) is 6.92 Å². The summed E-state index contributed by atoms with van der Waals surface area (Å²) in [6.45, 7) is 5.07. The van der Waals surface area contributed by atoms with E-state index in [1.165, 1.54) is 0 Å². The van der Waals surface area contributed by atoms with Gasteiger partial charge in [0.2, 0.25) is 0 Å². The average Bonchev–Trinajstić information content (AvgIpc) is 2.36. The van der Waals surface area contributed by atoms with Gasteiger partial charge in [0.1, 0.15) is 17.5 Å². The number of anilines is 2. The van der Waals surface area contributed by atoms with Crippen LogP contribution in [0.15, 0.2) is 0 Å². The highest BCUT2D eigenvalue weighted by atomic mass is 16.5. The molecule has 0 saturated heterocycles. The zero-order valence-corrected chi connectivity index (χ0v) is 11.2. The van der Waals surface area contributed by atoms with E-state index in [0.29, 0.717) is 29.2 Å². The van der Waals surface area contributed by atoms with Gasteiger partial charge in [0, 0.05) is 19.2 Å². The smallest absolute Gasteiger partial charge is 0.144 e. The lowest BCUT2D eigenvalue weighted by Gasteiger charge is -2.14. The number of nitrogens with zero attached hydrogens (tertiary/aromatic N) is 2. The number of aromatic nitrogens is 1. The predicted molar refractivity (Wildman–Crippen MR) is 72.2 cm³/mol. The molecule has 0 unspecified atom stereocenters. The fraction of sp³-hybridized carbons (Fsp3) is 0.538. The van der Waals surface area contributed by atoms with Crippen LogP contribution in [-0.2, 0) is 11.3 Å². The molecule has 0 atom stereocenters. The fourth-order valence-electron chi connectivity index (χ4n) is 1.71. The molecule has 0 radical (unpaired) electrons. The van der Waals surface area contributed by atoms with Gasteiger partial charge in [-0.2, -0.15) is 5.26 Å². The molecule has 0 amide bonds. The molecule has 0 aliphatic carbocycles. The molecule has 1 rings (SSSR count). The zero-order chi connectivity index (χ0) is 13.5. The van der Waals surface area contributed by atoms with Gasteiger partial charge >= 0.3 is 0 Å². The van der Waals surface area contributed by atoms with E-state index in [1.54, 1.807) is 7.11 Å². The number of nitrogen functional groups attached to an aromatic ring is 1. The van der Waals surface area contributed by atoms with E-state index in [0.717, 1.165) is 25.1 Å². The normalized spacial score (nSPS) is 10.1. The van der Waals surface area contributed by atoms with Crippen molar-refractivity contribution in [2.45, 2.75) is 33.3 Å². The van der Waals surface area contributed by atoms with Gasteiger partial charge in [0.15, 0.2) is 0 Å². The van der Waals surface area contributed by atoms with E-state index in [2.05, 4.69) is 23.3 Å². The highest BCUT2D eigenvalue weighted by Gasteiger charge is 2.15. The van der Waals surface area contributed by atoms with Crippen LogP contribution in [0, 0.1) is 18.3 Å². The quantitative estimate of drug-likeness (QED) is 0.754. The third-order valence-corrected chi connectivity index (χ3v) is 2.76. The molecule has 18 heavy (non-hydrogen) atoms. The van der Waals surface area contributed by atoms with E-state index in [4.69, 9.17) is 10.5 Å². The Bertz CT molecular complexity index is 451. The van der Waals surface area contributed by atoms with Gasteiger partial charge in [0.05, 0.1) is 18.0 Å². The number of ether oxygens (including phenoxy) is 1. The predicted octanol–water partition coefficient (Wildman–Crippen LogP) is 2.20. The maximum atomic E-state index is 9.26. The molecule has 0 spiro atoms. The summed E-state index contributed by atoms with van der Waals surface area (Å²) in [5.41, 5.74) is 8.40. The molecular weight excluding hydrogens is 228 g/mol. The van der Waals surface area contributed by atoms with Crippen molar-refractivity contribution < 1.29 is 4.74 Å². The van der Waals surface area contributed by atoms with Gasteiger partial charge in [-0.15, -0.1) is 0 Å². The molecule has 0 aliphatic rings. The third-order valence-electron chi connectivity index (χ3n) is 2.76. The lowest BCUT2D eigenvalue weighted by atomic mass is 10.1. The molecule has 98 valence electrons. The highest BCUT2D eigenvalue weighted by molar-refractivity contribution is 5.66. The number of unbranched alkanes of at least 4 members (excludes halogenated alkanes) is 1. The van der Waals surface area contributed by atoms with E-state index < -0.39 is 0 Å². The van der Waals surface area contributed by atoms with Crippen LogP contribution >= 0.6 is 0 Å². The summed E-state index contributed by atoms with van der Waals surface area (Å²) in [4.78, 5) is 4.34. The lowest BCUT2D eigenvalue weighted by molar-refractivity contribution is 0.185. The maximum absolute atomic E-state index is 9.26. The van der Waals surface area contributed by atoms with Gasteiger partial charge in [-0.05, 0) is 13.3 Å². The Morgan fingerprint density at radius 2 is 2.22 bits per heavy atom. The second kappa shape index (κ2) is 6.82. The first-order chi connectivity index (χ1) is 8.65. The van der Waals surface area contributed by atoms with Crippen LogP contribution in [0.4, 0.5) is 11.5 Å². The minimum absolute atomic E-state index is 0.320. The van der Waals surface area contributed by atoms with Gasteiger partial charge in [-0.3, -0.25) is 0 Å².